The summed E-state index contributed by atoms with van der Waals surface area (Å²) < 4.78 is 0. The van der Waals surface area contributed by atoms with Crippen LogP contribution >= 0.6 is 23.1 Å². The molecule has 0 aliphatic carbocycles. The van der Waals surface area contributed by atoms with Gasteiger partial charge in [-0.25, -0.2) is 4.98 Å². The average Bonchev–Trinajstić information content (AvgIpc) is 3.31. The maximum absolute atomic E-state index is 13.2. The van der Waals surface area contributed by atoms with Crippen molar-refractivity contribution < 1.29 is 9.59 Å². The predicted octanol–water partition coefficient (Wildman–Crippen LogP) is 7.33. The number of nitrogens with one attached hydrogen (secondary N) is 2. The monoisotopic (exact) mass is 509 g/mol. The second-order valence-electron chi connectivity index (χ2n) is 8.24. The minimum absolute atomic E-state index is 0.147. The number of thioether (sulfide) groups is 1. The van der Waals surface area contributed by atoms with E-state index in [1.165, 1.54) is 23.1 Å². The largest absolute Gasteiger partial charge is 0.322 e. The topological polar surface area (TPSA) is 71.1 Å². The van der Waals surface area contributed by atoms with Gasteiger partial charge in [-0.2, -0.15) is 0 Å². The fourth-order valence-corrected chi connectivity index (χ4v) is 5.57. The van der Waals surface area contributed by atoms with Crippen molar-refractivity contribution in [2.45, 2.75) is 17.1 Å². The highest BCUT2D eigenvalue weighted by atomic mass is 32.2. The molecular weight excluding hydrogens is 486 g/mol. The first-order valence-corrected chi connectivity index (χ1v) is 13.2. The van der Waals surface area contributed by atoms with Gasteiger partial charge in [0, 0.05) is 21.5 Å². The van der Waals surface area contributed by atoms with Crippen molar-refractivity contribution in [2.24, 2.45) is 0 Å². The fraction of sp³-hybridized carbons (Fsp3) is 0.0690. The first-order chi connectivity index (χ1) is 17.5. The molecule has 1 heterocycles. The Labute approximate surface area is 217 Å². The predicted molar refractivity (Wildman–Crippen MR) is 149 cm³/mol. The van der Waals surface area contributed by atoms with Gasteiger partial charge in [-0.3, -0.25) is 9.59 Å². The van der Waals surface area contributed by atoms with E-state index >= 15 is 0 Å². The van der Waals surface area contributed by atoms with Crippen LogP contribution in [0.25, 0.3) is 10.8 Å². The van der Waals surface area contributed by atoms with Crippen molar-refractivity contribution in [3.63, 3.8) is 0 Å². The van der Waals surface area contributed by atoms with Crippen LogP contribution in [0.3, 0.4) is 0 Å². The number of rotatable bonds is 7. The Balaban J connectivity index is 1.35. The van der Waals surface area contributed by atoms with Crippen LogP contribution in [0.4, 0.5) is 10.8 Å². The number of aromatic nitrogens is 1. The zero-order valence-electron chi connectivity index (χ0n) is 19.5. The number of hydrogen-bond donors (Lipinski definition) is 2. The molecule has 2 N–H and O–H groups in total. The molecule has 178 valence electrons. The van der Waals surface area contributed by atoms with Crippen molar-refractivity contribution in [3.05, 3.63) is 119 Å². The third-order valence-electron chi connectivity index (χ3n) is 5.55. The number of carbonyl (C=O) groups is 2. The van der Waals surface area contributed by atoms with Crippen molar-refractivity contribution in [2.75, 3.05) is 10.6 Å². The van der Waals surface area contributed by atoms with Crippen molar-refractivity contribution in [3.8, 4) is 0 Å². The lowest BCUT2D eigenvalue weighted by Gasteiger charge is -2.17. The molecule has 4 aromatic carbocycles. The summed E-state index contributed by atoms with van der Waals surface area (Å²) in [6, 6.07) is 30.8. The molecule has 0 aliphatic rings. The zero-order valence-corrected chi connectivity index (χ0v) is 21.1. The lowest BCUT2D eigenvalue weighted by molar-refractivity contribution is -0.115. The van der Waals surface area contributed by atoms with E-state index in [4.69, 9.17) is 0 Å². The van der Waals surface area contributed by atoms with Gasteiger partial charge in [0.25, 0.3) is 5.91 Å². The molecule has 1 unspecified atom stereocenters. The zero-order chi connectivity index (χ0) is 24.9. The van der Waals surface area contributed by atoms with Gasteiger partial charge in [0.1, 0.15) is 5.25 Å². The van der Waals surface area contributed by atoms with Crippen LogP contribution in [0.5, 0.6) is 0 Å². The van der Waals surface area contributed by atoms with Gasteiger partial charge in [-0.1, -0.05) is 66.7 Å². The third-order valence-corrected chi connectivity index (χ3v) is 7.67. The van der Waals surface area contributed by atoms with Gasteiger partial charge in [0.05, 0.1) is 5.69 Å². The Kier molecular flexibility index (Phi) is 7.11. The van der Waals surface area contributed by atoms with Crippen LogP contribution in [0.1, 0.15) is 26.9 Å². The second-order valence-corrected chi connectivity index (χ2v) is 10.3. The number of thiazole rings is 1. The number of carbonyl (C=O) groups excluding carboxylic acids is 2. The molecule has 5 rings (SSSR count). The van der Waals surface area contributed by atoms with Gasteiger partial charge in [0.15, 0.2) is 5.13 Å². The maximum atomic E-state index is 13.2. The molecule has 5 nitrogen and oxygen atoms in total. The quantitative estimate of drug-likeness (QED) is 0.225. The van der Waals surface area contributed by atoms with Crippen LogP contribution < -0.4 is 10.6 Å². The molecule has 0 fully saturated rings. The molecule has 0 saturated heterocycles. The number of anilines is 2. The molecule has 0 saturated carbocycles. The normalized spacial score (nSPS) is 11.7. The van der Waals surface area contributed by atoms with Gasteiger partial charge in [-0.15, -0.1) is 23.1 Å². The Morgan fingerprint density at radius 3 is 2.39 bits per heavy atom. The summed E-state index contributed by atoms with van der Waals surface area (Å²) in [6.45, 7) is 1.90. The first-order valence-electron chi connectivity index (χ1n) is 11.4. The Bertz CT molecular complexity index is 1530. The molecular formula is C29H23N3O2S2. The summed E-state index contributed by atoms with van der Waals surface area (Å²) in [5.74, 6) is -0.328. The lowest BCUT2D eigenvalue weighted by Crippen LogP contribution is -2.19. The summed E-state index contributed by atoms with van der Waals surface area (Å²) in [4.78, 5) is 31.4. The van der Waals surface area contributed by atoms with Crippen LogP contribution in [0.15, 0.2) is 107 Å². The van der Waals surface area contributed by atoms with E-state index in [-0.39, 0.29) is 11.8 Å². The Morgan fingerprint density at radius 1 is 0.833 bits per heavy atom. The summed E-state index contributed by atoms with van der Waals surface area (Å²) in [5, 5.41) is 10.0. The van der Waals surface area contributed by atoms with Gasteiger partial charge >= 0.3 is 0 Å². The molecule has 0 bridgehead atoms. The first kappa shape index (κ1) is 23.8. The van der Waals surface area contributed by atoms with Crippen LogP contribution in [0.2, 0.25) is 0 Å². The van der Waals surface area contributed by atoms with Gasteiger partial charge in [0.2, 0.25) is 5.91 Å². The molecule has 36 heavy (non-hydrogen) atoms. The number of amides is 2. The van der Waals surface area contributed by atoms with Crippen LogP contribution in [-0.2, 0) is 4.79 Å². The minimum atomic E-state index is -0.484. The van der Waals surface area contributed by atoms with E-state index in [2.05, 4.69) is 15.6 Å². The van der Waals surface area contributed by atoms with E-state index in [9.17, 15) is 9.59 Å². The highest BCUT2D eigenvalue weighted by Gasteiger charge is 2.23. The number of hydrogen-bond acceptors (Lipinski definition) is 5. The van der Waals surface area contributed by atoms with Gasteiger partial charge in [-0.05, 0) is 53.6 Å². The SMILES string of the molecule is Cc1csc(NC(=O)C(Sc2cccc(NC(=O)c3ccc4ccccc4c3)c2)c2ccccc2)n1. The third kappa shape index (κ3) is 5.64. The summed E-state index contributed by atoms with van der Waals surface area (Å²) in [7, 11) is 0. The molecule has 7 heteroatoms. The van der Waals surface area contributed by atoms with E-state index in [1.54, 1.807) is 0 Å². The van der Waals surface area contributed by atoms with Crippen molar-refractivity contribution in [1.82, 2.24) is 4.98 Å². The number of benzene rings is 4. The molecule has 0 spiro atoms. The van der Waals surface area contributed by atoms with Crippen molar-refractivity contribution in [1.29, 1.82) is 0 Å². The highest BCUT2D eigenvalue weighted by molar-refractivity contribution is 8.00. The number of aryl methyl sites for hydroxylation is 1. The molecule has 0 radical (unpaired) electrons. The molecule has 0 aliphatic heterocycles. The molecule has 2 amide bonds. The van der Waals surface area contributed by atoms with Crippen molar-refractivity contribution >= 4 is 56.5 Å². The molecule has 1 aromatic heterocycles. The van der Waals surface area contributed by atoms with E-state index in [0.29, 0.717) is 16.4 Å². The van der Waals surface area contributed by atoms with E-state index in [1.807, 2.05) is 109 Å². The highest BCUT2D eigenvalue weighted by Crippen LogP contribution is 2.37. The molecule has 5 aromatic rings. The Morgan fingerprint density at radius 2 is 1.61 bits per heavy atom. The second kappa shape index (κ2) is 10.8. The summed E-state index contributed by atoms with van der Waals surface area (Å²) in [5.41, 5.74) is 3.01. The number of fused-ring (bicyclic) bond motifs is 1. The average molecular weight is 510 g/mol. The van der Waals surface area contributed by atoms with Gasteiger partial charge < -0.3 is 10.6 Å². The molecule has 1 atom stereocenters. The standard InChI is InChI=1S/C29H23N3O2S2/c1-19-18-35-29(30-19)32-28(34)26(21-9-3-2-4-10-21)36-25-13-7-12-24(17-25)31-27(33)23-15-14-20-8-5-6-11-22(20)16-23/h2-18,26H,1H3,(H,31,33)(H,30,32,34). The van der Waals surface area contributed by atoms with E-state index < -0.39 is 5.25 Å². The maximum Gasteiger partial charge on any atom is 0.255 e. The van der Waals surface area contributed by atoms with Crippen LogP contribution in [-0.4, -0.2) is 16.8 Å². The minimum Gasteiger partial charge on any atom is -0.322 e. The fourth-order valence-electron chi connectivity index (χ4n) is 3.80. The lowest BCUT2D eigenvalue weighted by atomic mass is 10.1. The van der Waals surface area contributed by atoms with Crippen LogP contribution in [0, 0.1) is 6.92 Å². The Hall–Kier alpha value is -3.94. The summed E-state index contributed by atoms with van der Waals surface area (Å²) >= 11 is 2.83. The number of nitrogens with zero attached hydrogens (tertiary/aromatic N) is 1. The summed E-state index contributed by atoms with van der Waals surface area (Å²) in [6.07, 6.45) is 0. The smallest absolute Gasteiger partial charge is 0.255 e. The van der Waals surface area contributed by atoms with E-state index in [0.717, 1.165) is 26.9 Å².